The van der Waals surface area contributed by atoms with Gasteiger partial charge in [0.15, 0.2) is 0 Å². The molecular weight excluding hydrogens is 425 g/mol. The van der Waals surface area contributed by atoms with Crippen molar-refractivity contribution in [3.8, 4) is 0 Å². The van der Waals surface area contributed by atoms with Crippen molar-refractivity contribution in [2.24, 2.45) is 5.92 Å². The molecule has 1 aromatic rings. The summed E-state index contributed by atoms with van der Waals surface area (Å²) < 4.78 is 5.28. The number of hydrogen-bond donors (Lipinski definition) is 2. The molecule has 1 aliphatic heterocycles. The molecule has 2 unspecified atom stereocenters. The van der Waals surface area contributed by atoms with Crippen molar-refractivity contribution in [2.75, 3.05) is 32.8 Å². The zero-order valence-corrected chi connectivity index (χ0v) is 19.6. The summed E-state index contributed by atoms with van der Waals surface area (Å²) >= 11 is 12.2. The van der Waals surface area contributed by atoms with Crippen LogP contribution >= 0.6 is 23.2 Å². The van der Waals surface area contributed by atoms with Gasteiger partial charge in [-0.25, -0.2) is 0 Å². The number of piperidine rings is 1. The summed E-state index contributed by atoms with van der Waals surface area (Å²) in [7, 11) is 0. The van der Waals surface area contributed by atoms with Gasteiger partial charge in [-0.3, -0.25) is 14.5 Å². The molecule has 2 rings (SSSR count). The zero-order valence-electron chi connectivity index (χ0n) is 18.0. The molecule has 1 aliphatic rings. The third-order valence-corrected chi connectivity index (χ3v) is 6.15. The Morgan fingerprint density at radius 2 is 1.93 bits per heavy atom. The molecule has 30 heavy (non-hydrogen) atoms. The van der Waals surface area contributed by atoms with Gasteiger partial charge in [-0.15, -0.1) is 0 Å². The Morgan fingerprint density at radius 1 is 1.23 bits per heavy atom. The van der Waals surface area contributed by atoms with Gasteiger partial charge >= 0.3 is 0 Å². The van der Waals surface area contributed by atoms with E-state index in [2.05, 4.69) is 15.5 Å². The molecule has 0 radical (unpaired) electrons. The van der Waals surface area contributed by atoms with E-state index in [0.717, 1.165) is 37.9 Å². The maximum Gasteiger partial charge on any atom is 0.237 e. The van der Waals surface area contributed by atoms with Crippen LogP contribution in [0.15, 0.2) is 18.2 Å². The Hall–Kier alpha value is -1.34. The molecule has 0 aromatic heterocycles. The average molecular weight is 458 g/mol. The number of halogens is 2. The first-order valence-electron chi connectivity index (χ1n) is 10.7. The van der Waals surface area contributed by atoms with Crippen molar-refractivity contribution in [3.05, 3.63) is 33.8 Å². The summed E-state index contributed by atoms with van der Waals surface area (Å²) in [6.45, 7) is 9.22. The average Bonchev–Trinajstić information content (AvgIpc) is 2.72. The van der Waals surface area contributed by atoms with E-state index in [1.807, 2.05) is 26.8 Å². The van der Waals surface area contributed by atoms with E-state index in [4.69, 9.17) is 27.9 Å². The lowest BCUT2D eigenvalue weighted by Crippen LogP contribution is -2.50. The smallest absolute Gasteiger partial charge is 0.237 e. The monoisotopic (exact) mass is 457 g/mol. The van der Waals surface area contributed by atoms with Crippen LogP contribution in [-0.2, 0) is 14.3 Å². The molecule has 1 heterocycles. The van der Waals surface area contributed by atoms with Crippen LogP contribution in [-0.4, -0.2) is 55.6 Å². The SMILES string of the molecule is CCOCCCNC(=O)C1CCN(C(C)C(=O)NC(C)c2ccc(Cl)cc2Cl)CC1. The molecule has 0 bridgehead atoms. The highest BCUT2D eigenvalue weighted by Crippen LogP contribution is 2.26. The number of hydrogen-bond acceptors (Lipinski definition) is 4. The Balaban J connectivity index is 1.76. The van der Waals surface area contributed by atoms with Crippen LogP contribution < -0.4 is 10.6 Å². The minimum Gasteiger partial charge on any atom is -0.382 e. The third-order valence-electron chi connectivity index (χ3n) is 5.58. The predicted molar refractivity (Wildman–Crippen MR) is 121 cm³/mol. The Labute approximate surface area is 189 Å². The fourth-order valence-electron chi connectivity index (χ4n) is 3.65. The van der Waals surface area contributed by atoms with Crippen LogP contribution in [0.3, 0.4) is 0 Å². The molecular formula is C22H33Cl2N3O3. The van der Waals surface area contributed by atoms with Crippen molar-refractivity contribution in [3.63, 3.8) is 0 Å². The van der Waals surface area contributed by atoms with E-state index >= 15 is 0 Å². The van der Waals surface area contributed by atoms with E-state index in [1.54, 1.807) is 12.1 Å². The van der Waals surface area contributed by atoms with Crippen LogP contribution in [0.2, 0.25) is 10.0 Å². The molecule has 0 aliphatic carbocycles. The molecule has 0 spiro atoms. The van der Waals surface area contributed by atoms with Crippen LogP contribution in [0.5, 0.6) is 0 Å². The fraction of sp³-hybridized carbons (Fsp3) is 0.636. The fourth-order valence-corrected chi connectivity index (χ4v) is 4.23. The Kier molecular flexibility index (Phi) is 10.4. The molecule has 0 saturated carbocycles. The molecule has 168 valence electrons. The number of carbonyl (C=O) groups excluding carboxylic acids is 2. The third kappa shape index (κ3) is 7.41. The molecule has 1 saturated heterocycles. The molecule has 6 nitrogen and oxygen atoms in total. The number of likely N-dealkylation sites (tertiary alicyclic amines) is 1. The first-order valence-corrected chi connectivity index (χ1v) is 11.4. The van der Waals surface area contributed by atoms with Crippen LogP contribution in [0.4, 0.5) is 0 Å². The second kappa shape index (κ2) is 12.5. The number of nitrogens with one attached hydrogen (secondary N) is 2. The number of ether oxygens (including phenoxy) is 1. The van der Waals surface area contributed by atoms with E-state index in [0.29, 0.717) is 29.8 Å². The van der Waals surface area contributed by atoms with Gasteiger partial charge in [0, 0.05) is 35.7 Å². The van der Waals surface area contributed by atoms with Crippen molar-refractivity contribution in [1.29, 1.82) is 0 Å². The minimum atomic E-state index is -0.270. The second-order valence-corrected chi connectivity index (χ2v) is 8.57. The van der Waals surface area contributed by atoms with Crippen molar-refractivity contribution in [1.82, 2.24) is 15.5 Å². The highest BCUT2D eigenvalue weighted by Gasteiger charge is 2.30. The highest BCUT2D eigenvalue weighted by molar-refractivity contribution is 6.35. The topological polar surface area (TPSA) is 70.7 Å². The summed E-state index contributed by atoms with van der Waals surface area (Å²) in [5.41, 5.74) is 0.835. The van der Waals surface area contributed by atoms with Gasteiger partial charge in [-0.2, -0.15) is 0 Å². The van der Waals surface area contributed by atoms with Crippen molar-refractivity contribution in [2.45, 2.75) is 52.1 Å². The van der Waals surface area contributed by atoms with E-state index in [1.165, 1.54) is 0 Å². The van der Waals surface area contributed by atoms with Gasteiger partial charge in [0.25, 0.3) is 0 Å². The van der Waals surface area contributed by atoms with Gasteiger partial charge in [0.05, 0.1) is 12.1 Å². The Morgan fingerprint density at radius 3 is 2.57 bits per heavy atom. The molecule has 1 fully saturated rings. The zero-order chi connectivity index (χ0) is 22.1. The summed E-state index contributed by atoms with van der Waals surface area (Å²) in [5.74, 6) is 0.0667. The number of benzene rings is 1. The number of amides is 2. The first kappa shape index (κ1) is 24.9. The lowest BCUT2D eigenvalue weighted by atomic mass is 9.94. The maximum atomic E-state index is 12.7. The molecule has 2 N–H and O–H groups in total. The number of nitrogens with zero attached hydrogens (tertiary/aromatic N) is 1. The Bertz CT molecular complexity index is 709. The van der Waals surface area contributed by atoms with E-state index < -0.39 is 0 Å². The summed E-state index contributed by atoms with van der Waals surface area (Å²) in [5, 5.41) is 7.13. The van der Waals surface area contributed by atoms with Crippen LogP contribution in [0, 0.1) is 5.92 Å². The number of carbonyl (C=O) groups is 2. The molecule has 2 atom stereocenters. The van der Waals surface area contributed by atoms with Gasteiger partial charge < -0.3 is 15.4 Å². The van der Waals surface area contributed by atoms with Gasteiger partial charge in [0.1, 0.15) is 0 Å². The van der Waals surface area contributed by atoms with Crippen LogP contribution in [0.1, 0.15) is 51.6 Å². The second-order valence-electron chi connectivity index (χ2n) is 7.72. The largest absolute Gasteiger partial charge is 0.382 e. The quantitative estimate of drug-likeness (QED) is 0.523. The standard InChI is InChI=1S/C22H33Cl2N3O3/c1-4-30-13-5-10-25-22(29)17-8-11-27(12-9-17)16(3)21(28)26-15(2)19-7-6-18(23)14-20(19)24/h6-7,14-17H,4-5,8-13H2,1-3H3,(H,25,29)(H,26,28). The minimum absolute atomic E-state index is 0.00963. The van der Waals surface area contributed by atoms with Gasteiger partial charge in [-0.1, -0.05) is 29.3 Å². The lowest BCUT2D eigenvalue weighted by molar-refractivity contribution is -0.129. The van der Waals surface area contributed by atoms with Crippen molar-refractivity contribution < 1.29 is 14.3 Å². The first-order chi connectivity index (χ1) is 14.3. The van der Waals surface area contributed by atoms with Crippen molar-refractivity contribution >= 4 is 35.0 Å². The summed E-state index contributed by atoms with van der Waals surface area (Å²) in [4.78, 5) is 27.2. The van der Waals surface area contributed by atoms with Crippen LogP contribution in [0.25, 0.3) is 0 Å². The maximum absolute atomic E-state index is 12.7. The van der Waals surface area contributed by atoms with Gasteiger partial charge in [0.2, 0.25) is 11.8 Å². The number of rotatable bonds is 10. The lowest BCUT2D eigenvalue weighted by Gasteiger charge is -2.35. The molecule has 1 aromatic carbocycles. The highest BCUT2D eigenvalue weighted by atomic mass is 35.5. The van der Waals surface area contributed by atoms with E-state index in [9.17, 15) is 9.59 Å². The normalized spacial score (nSPS) is 17.4. The molecule has 2 amide bonds. The summed E-state index contributed by atoms with van der Waals surface area (Å²) in [6, 6.07) is 4.79. The van der Waals surface area contributed by atoms with Gasteiger partial charge in [-0.05, 0) is 70.8 Å². The molecule has 8 heteroatoms. The predicted octanol–water partition coefficient (Wildman–Crippen LogP) is 3.81. The summed E-state index contributed by atoms with van der Waals surface area (Å²) in [6.07, 6.45) is 2.34. The van der Waals surface area contributed by atoms with E-state index in [-0.39, 0.29) is 29.8 Å².